The van der Waals surface area contributed by atoms with Gasteiger partial charge in [0.1, 0.15) is 0 Å². The number of likely N-dealkylation sites (tertiary alicyclic amines) is 1. The van der Waals surface area contributed by atoms with Crippen molar-refractivity contribution in [3.8, 4) is 0 Å². The number of nitrogens with one attached hydrogen (secondary N) is 1. The molecule has 6 nitrogen and oxygen atoms in total. The molecule has 2 amide bonds. The second-order valence-corrected chi connectivity index (χ2v) is 5.48. The van der Waals surface area contributed by atoms with Crippen LogP contribution < -0.4 is 11.1 Å². The van der Waals surface area contributed by atoms with Gasteiger partial charge in [-0.15, -0.1) is 0 Å². The molecule has 0 aromatic heterocycles. The average Bonchev–Trinajstić information content (AvgIpc) is 2.48. The van der Waals surface area contributed by atoms with E-state index in [0.717, 1.165) is 6.42 Å². The van der Waals surface area contributed by atoms with Crippen molar-refractivity contribution in [1.82, 2.24) is 10.2 Å². The highest BCUT2D eigenvalue weighted by atomic mass is 16.3. The van der Waals surface area contributed by atoms with E-state index in [-0.39, 0.29) is 24.3 Å². The number of benzene rings is 1. The molecule has 6 heteroatoms. The molecule has 114 valence electrons. The van der Waals surface area contributed by atoms with Crippen LogP contribution in [0.5, 0.6) is 0 Å². The number of aliphatic hydroxyl groups excluding tert-OH is 1. The largest absolute Gasteiger partial charge is 0.399 e. The number of β-amino-alcohol motifs (C(OH)–C–C–N with tert-alkyl or cyclic N) is 1. The van der Waals surface area contributed by atoms with Gasteiger partial charge in [-0.05, 0) is 36.6 Å². The zero-order valence-electron chi connectivity index (χ0n) is 12.1. The maximum atomic E-state index is 12.0. The van der Waals surface area contributed by atoms with Crippen molar-refractivity contribution in [3.05, 3.63) is 29.8 Å². The Labute approximate surface area is 123 Å². The van der Waals surface area contributed by atoms with Crippen molar-refractivity contribution in [1.29, 1.82) is 0 Å². The Hall–Kier alpha value is -2.08. The minimum absolute atomic E-state index is 0.0652. The third-order valence-corrected chi connectivity index (χ3v) is 3.84. The van der Waals surface area contributed by atoms with Gasteiger partial charge in [-0.1, -0.05) is 6.92 Å². The quantitative estimate of drug-likeness (QED) is 0.695. The Bertz CT molecular complexity index is 515. The third-order valence-electron chi connectivity index (χ3n) is 3.84. The van der Waals surface area contributed by atoms with Crippen molar-refractivity contribution < 1.29 is 14.7 Å². The molecule has 1 aromatic carbocycles. The summed E-state index contributed by atoms with van der Waals surface area (Å²) in [5.41, 5.74) is 6.60. The number of hydrogen-bond acceptors (Lipinski definition) is 4. The van der Waals surface area contributed by atoms with E-state index in [1.54, 1.807) is 29.2 Å². The maximum absolute atomic E-state index is 12.0. The van der Waals surface area contributed by atoms with Crippen LogP contribution in [0, 0.1) is 5.92 Å². The molecular weight excluding hydrogens is 270 g/mol. The number of nitrogens with zero attached hydrogens (tertiary/aromatic N) is 1. The first-order chi connectivity index (χ1) is 9.97. The van der Waals surface area contributed by atoms with Crippen LogP contribution in [0.3, 0.4) is 0 Å². The summed E-state index contributed by atoms with van der Waals surface area (Å²) >= 11 is 0. The molecule has 1 saturated heterocycles. The topological polar surface area (TPSA) is 95.7 Å². The smallest absolute Gasteiger partial charge is 0.251 e. The second-order valence-electron chi connectivity index (χ2n) is 5.48. The normalized spacial score (nSPS) is 21.9. The summed E-state index contributed by atoms with van der Waals surface area (Å²) in [6.07, 6.45) is 0.286. The minimum Gasteiger partial charge on any atom is -0.399 e. The zero-order valence-corrected chi connectivity index (χ0v) is 12.1. The number of nitrogen functional groups attached to an aromatic ring is 1. The van der Waals surface area contributed by atoms with Gasteiger partial charge < -0.3 is 21.1 Å². The van der Waals surface area contributed by atoms with E-state index in [1.807, 2.05) is 6.92 Å². The zero-order chi connectivity index (χ0) is 15.4. The van der Waals surface area contributed by atoms with Crippen molar-refractivity contribution in [2.75, 3.05) is 25.4 Å². The second kappa shape index (κ2) is 6.58. The molecular formula is C15H21N3O3. The van der Waals surface area contributed by atoms with E-state index in [9.17, 15) is 14.7 Å². The summed E-state index contributed by atoms with van der Waals surface area (Å²) in [6, 6.07) is 6.50. The molecule has 4 N–H and O–H groups in total. The molecule has 0 radical (unpaired) electrons. The van der Waals surface area contributed by atoms with Crippen LogP contribution >= 0.6 is 0 Å². The van der Waals surface area contributed by atoms with Crippen molar-refractivity contribution in [2.45, 2.75) is 19.4 Å². The summed E-state index contributed by atoms with van der Waals surface area (Å²) in [7, 11) is 0. The predicted octanol–water partition coefficient (Wildman–Crippen LogP) is 0.228. The number of hydrogen-bond donors (Lipinski definition) is 3. The van der Waals surface area contributed by atoms with E-state index < -0.39 is 6.10 Å². The summed E-state index contributed by atoms with van der Waals surface area (Å²) in [5.74, 6) is -0.280. The molecule has 1 aliphatic heterocycles. The summed E-state index contributed by atoms with van der Waals surface area (Å²) < 4.78 is 0. The number of carbonyl (C=O) groups excluding carboxylic acids is 2. The fraction of sp³-hybridized carbons (Fsp3) is 0.467. The predicted molar refractivity (Wildman–Crippen MR) is 79.6 cm³/mol. The molecule has 2 unspecified atom stereocenters. The summed E-state index contributed by atoms with van der Waals surface area (Å²) in [5, 5.41) is 12.4. The molecule has 1 heterocycles. The van der Waals surface area contributed by atoms with E-state index in [4.69, 9.17) is 5.73 Å². The molecule has 21 heavy (non-hydrogen) atoms. The van der Waals surface area contributed by atoms with Crippen LogP contribution in [0.15, 0.2) is 24.3 Å². The Kier molecular flexibility index (Phi) is 4.80. The molecule has 0 aliphatic carbocycles. The van der Waals surface area contributed by atoms with Crippen LogP contribution in [0.4, 0.5) is 5.69 Å². The Morgan fingerprint density at radius 1 is 1.38 bits per heavy atom. The van der Waals surface area contributed by atoms with Crippen LogP contribution in [0.25, 0.3) is 0 Å². The van der Waals surface area contributed by atoms with Crippen molar-refractivity contribution in [2.24, 2.45) is 5.92 Å². The van der Waals surface area contributed by atoms with Gasteiger partial charge in [-0.3, -0.25) is 9.59 Å². The standard InChI is InChI=1S/C15H21N3O3/c1-10-6-7-18(9-13(10)19)14(20)8-17-15(21)11-2-4-12(16)5-3-11/h2-5,10,13,19H,6-9,16H2,1H3,(H,17,21). The number of carbonyl (C=O) groups is 2. The average molecular weight is 291 g/mol. The summed E-state index contributed by atoms with van der Waals surface area (Å²) in [6.45, 7) is 2.85. The van der Waals surface area contributed by atoms with Crippen LogP contribution in [-0.4, -0.2) is 47.6 Å². The van der Waals surface area contributed by atoms with Crippen LogP contribution in [0.2, 0.25) is 0 Å². The first kappa shape index (κ1) is 15.3. The number of piperidine rings is 1. The molecule has 2 rings (SSSR count). The number of rotatable bonds is 3. The van der Waals surface area contributed by atoms with Crippen LogP contribution in [-0.2, 0) is 4.79 Å². The molecule has 2 atom stereocenters. The monoisotopic (exact) mass is 291 g/mol. The van der Waals surface area contributed by atoms with Crippen molar-refractivity contribution >= 4 is 17.5 Å². The van der Waals surface area contributed by atoms with Gasteiger partial charge in [0.25, 0.3) is 5.91 Å². The van der Waals surface area contributed by atoms with Gasteiger partial charge in [0.15, 0.2) is 0 Å². The highest BCUT2D eigenvalue weighted by molar-refractivity contribution is 5.96. The molecule has 0 saturated carbocycles. The van der Waals surface area contributed by atoms with Crippen LogP contribution in [0.1, 0.15) is 23.7 Å². The van der Waals surface area contributed by atoms with Gasteiger partial charge in [0.05, 0.1) is 12.6 Å². The van der Waals surface area contributed by atoms with Gasteiger partial charge in [0, 0.05) is 24.3 Å². The SMILES string of the molecule is CC1CCN(C(=O)CNC(=O)c2ccc(N)cc2)CC1O. The first-order valence-corrected chi connectivity index (χ1v) is 7.07. The van der Waals surface area contributed by atoms with E-state index in [2.05, 4.69) is 5.32 Å². The molecule has 1 aliphatic rings. The third kappa shape index (κ3) is 3.95. The van der Waals surface area contributed by atoms with Gasteiger partial charge >= 0.3 is 0 Å². The minimum atomic E-state index is -0.490. The number of anilines is 1. The first-order valence-electron chi connectivity index (χ1n) is 7.07. The lowest BCUT2D eigenvalue weighted by Gasteiger charge is -2.34. The van der Waals surface area contributed by atoms with E-state index in [1.165, 1.54) is 0 Å². The lowest BCUT2D eigenvalue weighted by molar-refractivity contribution is -0.134. The fourth-order valence-corrected chi connectivity index (χ4v) is 2.28. The number of aliphatic hydroxyl groups is 1. The molecule has 1 aromatic rings. The van der Waals surface area contributed by atoms with Gasteiger partial charge in [-0.25, -0.2) is 0 Å². The molecule has 0 spiro atoms. The fourth-order valence-electron chi connectivity index (χ4n) is 2.28. The van der Waals surface area contributed by atoms with Crippen molar-refractivity contribution in [3.63, 3.8) is 0 Å². The highest BCUT2D eigenvalue weighted by Gasteiger charge is 2.27. The highest BCUT2D eigenvalue weighted by Crippen LogP contribution is 2.16. The number of nitrogens with two attached hydrogens (primary N) is 1. The molecule has 1 fully saturated rings. The lowest BCUT2D eigenvalue weighted by Crippen LogP contribution is -2.49. The Morgan fingerprint density at radius 3 is 2.67 bits per heavy atom. The Balaban J connectivity index is 1.83. The van der Waals surface area contributed by atoms with E-state index in [0.29, 0.717) is 24.3 Å². The van der Waals surface area contributed by atoms with Gasteiger partial charge in [-0.2, -0.15) is 0 Å². The molecule has 0 bridgehead atoms. The Morgan fingerprint density at radius 2 is 2.05 bits per heavy atom. The maximum Gasteiger partial charge on any atom is 0.251 e. The number of amides is 2. The summed E-state index contributed by atoms with van der Waals surface area (Å²) in [4.78, 5) is 25.5. The lowest BCUT2D eigenvalue weighted by atomic mass is 9.96. The van der Waals surface area contributed by atoms with E-state index >= 15 is 0 Å². The van der Waals surface area contributed by atoms with Gasteiger partial charge in [0.2, 0.25) is 5.91 Å².